The highest BCUT2D eigenvalue weighted by Gasteiger charge is 2.41. The van der Waals surface area contributed by atoms with E-state index in [4.69, 9.17) is 4.74 Å². The average Bonchev–Trinajstić information content (AvgIpc) is 2.51. The van der Waals surface area contributed by atoms with Crippen molar-refractivity contribution in [1.82, 2.24) is 15.0 Å². The molecular weight excluding hydrogens is 327 g/mol. The molecule has 1 heterocycles. The van der Waals surface area contributed by atoms with Gasteiger partial charge >= 0.3 is 6.18 Å². The van der Waals surface area contributed by atoms with Gasteiger partial charge in [-0.1, -0.05) is 18.2 Å². The van der Waals surface area contributed by atoms with Crippen molar-refractivity contribution >= 4 is 17.8 Å². The molecule has 0 saturated carbocycles. The fourth-order valence-electron chi connectivity index (χ4n) is 1.65. The van der Waals surface area contributed by atoms with E-state index in [0.717, 1.165) is 6.33 Å². The number of amides is 1. The number of alkyl halides is 3. The first-order valence-electron chi connectivity index (χ1n) is 6.82. The number of aromatic nitrogens is 3. The molecule has 0 aliphatic heterocycles. The molecule has 2 rings (SSSR count). The molecule has 0 bridgehead atoms. The third-order valence-corrected chi connectivity index (χ3v) is 2.72. The van der Waals surface area contributed by atoms with Crippen LogP contribution in [0.4, 0.5) is 25.1 Å². The maximum Gasteiger partial charge on any atom is 0.411 e. The summed E-state index contributed by atoms with van der Waals surface area (Å²) in [7, 11) is 0. The van der Waals surface area contributed by atoms with Gasteiger partial charge in [0.2, 0.25) is 17.8 Å². The Morgan fingerprint density at radius 2 is 1.88 bits per heavy atom. The molecule has 0 saturated heterocycles. The van der Waals surface area contributed by atoms with E-state index in [1.54, 1.807) is 30.3 Å². The second-order valence-corrected chi connectivity index (χ2v) is 4.68. The molecule has 1 aromatic heterocycles. The van der Waals surface area contributed by atoms with E-state index in [-0.39, 0.29) is 11.9 Å². The Hall–Kier alpha value is -2.91. The lowest BCUT2D eigenvalue weighted by Gasteiger charge is -2.21. The van der Waals surface area contributed by atoms with Crippen molar-refractivity contribution in [3.63, 3.8) is 0 Å². The number of nitrogens with one attached hydrogen (secondary N) is 2. The molecular formula is C14H14F3N5O2. The van der Waals surface area contributed by atoms with Crippen LogP contribution in [0.25, 0.3) is 0 Å². The largest absolute Gasteiger partial charge is 0.491 e. The van der Waals surface area contributed by atoms with Gasteiger partial charge in [-0.3, -0.25) is 10.1 Å². The first kappa shape index (κ1) is 17.4. The smallest absolute Gasteiger partial charge is 0.411 e. The minimum Gasteiger partial charge on any atom is -0.491 e. The lowest BCUT2D eigenvalue weighted by Crippen LogP contribution is -2.41. The first-order chi connectivity index (χ1) is 11.3. The van der Waals surface area contributed by atoms with E-state index in [9.17, 15) is 18.0 Å². The molecule has 2 N–H and O–H groups in total. The molecule has 0 fully saturated rings. The molecule has 128 valence electrons. The van der Waals surface area contributed by atoms with Gasteiger partial charge < -0.3 is 10.1 Å². The number of benzene rings is 1. The fourth-order valence-corrected chi connectivity index (χ4v) is 1.65. The zero-order valence-corrected chi connectivity index (χ0v) is 12.5. The number of hydrogen-bond donors (Lipinski definition) is 2. The topological polar surface area (TPSA) is 89.0 Å². The molecule has 7 nitrogen and oxygen atoms in total. The van der Waals surface area contributed by atoms with Gasteiger partial charge in [-0.15, -0.1) is 0 Å². The van der Waals surface area contributed by atoms with Crippen LogP contribution in [-0.2, 0) is 4.79 Å². The van der Waals surface area contributed by atoms with Crippen molar-refractivity contribution in [1.29, 1.82) is 0 Å². The Bertz CT molecular complexity index is 682. The molecule has 24 heavy (non-hydrogen) atoms. The molecule has 1 amide bonds. The van der Waals surface area contributed by atoms with Crippen LogP contribution >= 0.6 is 0 Å². The van der Waals surface area contributed by atoms with Crippen molar-refractivity contribution in [2.24, 2.45) is 0 Å². The molecule has 0 radical (unpaired) electrons. The van der Waals surface area contributed by atoms with Crippen LogP contribution in [0, 0.1) is 0 Å². The minimum absolute atomic E-state index is 0.148. The number of hydrogen-bond acceptors (Lipinski definition) is 6. The Labute approximate surface area is 135 Å². The third-order valence-electron chi connectivity index (χ3n) is 2.72. The zero-order chi connectivity index (χ0) is 17.6. The monoisotopic (exact) mass is 341 g/mol. The lowest BCUT2D eigenvalue weighted by atomic mass is 10.3. The first-order valence-corrected chi connectivity index (χ1v) is 6.82. The quantitative estimate of drug-likeness (QED) is 0.838. The van der Waals surface area contributed by atoms with E-state index in [1.807, 2.05) is 0 Å². The van der Waals surface area contributed by atoms with Gasteiger partial charge in [0.1, 0.15) is 18.7 Å². The molecule has 1 unspecified atom stereocenters. The predicted molar refractivity (Wildman–Crippen MR) is 79.5 cm³/mol. The Morgan fingerprint density at radius 1 is 1.21 bits per heavy atom. The van der Waals surface area contributed by atoms with Crippen LogP contribution in [-0.4, -0.2) is 39.7 Å². The molecule has 0 spiro atoms. The van der Waals surface area contributed by atoms with E-state index in [1.165, 1.54) is 6.92 Å². The van der Waals surface area contributed by atoms with E-state index in [2.05, 4.69) is 25.6 Å². The van der Waals surface area contributed by atoms with Crippen molar-refractivity contribution in [2.45, 2.75) is 19.1 Å². The van der Waals surface area contributed by atoms with Crippen LogP contribution in [0.3, 0.4) is 0 Å². The zero-order valence-electron chi connectivity index (χ0n) is 12.5. The number of para-hydroxylation sites is 1. The third kappa shape index (κ3) is 5.38. The predicted octanol–water partition coefficient (Wildman–Crippen LogP) is 2.25. The molecule has 1 atom stereocenters. The van der Waals surface area contributed by atoms with Crippen LogP contribution in [0.5, 0.6) is 5.75 Å². The number of carbonyl (C=O) groups excluding carboxylic acids is 1. The van der Waals surface area contributed by atoms with Gasteiger partial charge in [-0.05, 0) is 12.1 Å². The van der Waals surface area contributed by atoms with Crippen molar-refractivity contribution in [3.05, 3.63) is 36.7 Å². The SMILES string of the molecule is CC(=O)Nc1ncnc(NC(COc2ccccc2)C(F)(F)F)n1. The summed E-state index contributed by atoms with van der Waals surface area (Å²) in [6, 6.07) is 6.08. The van der Waals surface area contributed by atoms with Gasteiger partial charge in [0.25, 0.3) is 0 Å². The van der Waals surface area contributed by atoms with Crippen LogP contribution in [0.1, 0.15) is 6.92 Å². The van der Waals surface area contributed by atoms with Crippen molar-refractivity contribution in [3.8, 4) is 5.75 Å². The summed E-state index contributed by atoms with van der Waals surface area (Å²) in [4.78, 5) is 21.9. The highest BCUT2D eigenvalue weighted by molar-refractivity contribution is 5.86. The summed E-state index contributed by atoms with van der Waals surface area (Å²) in [5, 5.41) is 4.40. The Balaban J connectivity index is 2.07. The summed E-state index contributed by atoms with van der Waals surface area (Å²) in [6.45, 7) is 0.553. The van der Waals surface area contributed by atoms with Crippen LogP contribution < -0.4 is 15.4 Å². The summed E-state index contributed by atoms with van der Waals surface area (Å²) < 4.78 is 44.5. The standard InChI is InChI=1S/C14H14F3N5O2/c1-9(23)20-12-18-8-19-13(22-12)21-11(14(15,16)17)7-24-10-5-3-2-4-6-10/h2-6,8,11H,7H2,1H3,(H2,18,19,20,21,22,23). The maximum atomic E-state index is 13.1. The molecule has 10 heteroatoms. The number of ether oxygens (including phenoxy) is 1. The second-order valence-electron chi connectivity index (χ2n) is 4.68. The minimum atomic E-state index is -4.59. The van der Waals surface area contributed by atoms with Gasteiger partial charge in [-0.2, -0.15) is 18.2 Å². The number of carbonyl (C=O) groups is 1. The summed E-state index contributed by atoms with van der Waals surface area (Å²) >= 11 is 0. The number of nitrogens with zero attached hydrogens (tertiary/aromatic N) is 3. The van der Waals surface area contributed by atoms with E-state index in [0.29, 0.717) is 5.75 Å². The van der Waals surface area contributed by atoms with Gasteiger partial charge in [0.15, 0.2) is 6.04 Å². The van der Waals surface area contributed by atoms with Gasteiger partial charge in [0, 0.05) is 6.92 Å². The van der Waals surface area contributed by atoms with Gasteiger partial charge in [-0.25, -0.2) is 9.97 Å². The van der Waals surface area contributed by atoms with Crippen molar-refractivity contribution in [2.75, 3.05) is 17.2 Å². The van der Waals surface area contributed by atoms with Gasteiger partial charge in [0.05, 0.1) is 0 Å². The van der Waals surface area contributed by atoms with Crippen LogP contribution in [0.15, 0.2) is 36.7 Å². The normalized spacial score (nSPS) is 12.3. The average molecular weight is 341 g/mol. The molecule has 0 aliphatic rings. The van der Waals surface area contributed by atoms with E-state index >= 15 is 0 Å². The van der Waals surface area contributed by atoms with Crippen molar-refractivity contribution < 1.29 is 22.7 Å². The highest BCUT2D eigenvalue weighted by Crippen LogP contribution is 2.24. The highest BCUT2D eigenvalue weighted by atomic mass is 19.4. The maximum absolute atomic E-state index is 13.1. The number of anilines is 2. The summed E-state index contributed by atoms with van der Waals surface area (Å²) in [5.41, 5.74) is 0. The molecule has 0 aliphatic carbocycles. The Kier molecular flexibility index (Phi) is 5.51. The Morgan fingerprint density at radius 3 is 2.50 bits per heavy atom. The fraction of sp³-hybridized carbons (Fsp3) is 0.286. The lowest BCUT2D eigenvalue weighted by molar-refractivity contribution is -0.148. The summed E-state index contributed by atoms with van der Waals surface area (Å²) in [6.07, 6.45) is -3.60. The second kappa shape index (κ2) is 7.57. The van der Waals surface area contributed by atoms with E-state index < -0.39 is 24.7 Å². The molecule has 1 aromatic carbocycles. The summed E-state index contributed by atoms with van der Waals surface area (Å²) in [5.74, 6) is -0.618. The van der Waals surface area contributed by atoms with Crippen LogP contribution in [0.2, 0.25) is 0 Å². The number of halogens is 3. The number of rotatable bonds is 6. The molecule has 2 aromatic rings.